The number of ether oxygens (including phenoxy) is 1. The Kier molecular flexibility index (Phi) is 3.17. The van der Waals surface area contributed by atoms with Crippen LogP contribution in [0.2, 0.25) is 0 Å². The molecule has 0 saturated heterocycles. The first kappa shape index (κ1) is 13.2. The predicted molar refractivity (Wildman–Crippen MR) is 87.9 cm³/mol. The third-order valence-electron chi connectivity index (χ3n) is 5.54. The zero-order valence-corrected chi connectivity index (χ0v) is 12.9. The topological polar surface area (TPSA) is 9.23 Å². The summed E-state index contributed by atoms with van der Waals surface area (Å²) in [5.74, 6) is 1.04. The molecule has 0 aromatic heterocycles. The average Bonchev–Trinajstić information content (AvgIpc) is 3.29. The van der Waals surface area contributed by atoms with Crippen LogP contribution in [0.1, 0.15) is 51.0 Å². The molecular formula is C20H24O. The van der Waals surface area contributed by atoms with Crippen LogP contribution in [0.15, 0.2) is 36.4 Å². The average molecular weight is 280 g/mol. The van der Waals surface area contributed by atoms with E-state index in [2.05, 4.69) is 43.3 Å². The van der Waals surface area contributed by atoms with Gasteiger partial charge in [0.05, 0.1) is 6.10 Å². The summed E-state index contributed by atoms with van der Waals surface area (Å²) >= 11 is 0. The van der Waals surface area contributed by atoms with Crippen LogP contribution < -0.4 is 4.74 Å². The van der Waals surface area contributed by atoms with Gasteiger partial charge in [0.2, 0.25) is 0 Å². The van der Waals surface area contributed by atoms with Crippen molar-refractivity contribution in [3.05, 3.63) is 42.0 Å². The van der Waals surface area contributed by atoms with Crippen LogP contribution in [0.3, 0.4) is 0 Å². The van der Waals surface area contributed by atoms with Crippen molar-refractivity contribution in [2.24, 2.45) is 5.41 Å². The highest BCUT2D eigenvalue weighted by molar-refractivity contribution is 5.84. The summed E-state index contributed by atoms with van der Waals surface area (Å²) in [7, 11) is 0. The van der Waals surface area contributed by atoms with E-state index in [1.54, 1.807) is 0 Å². The normalized spacial score (nSPS) is 20.8. The SMILES string of the molecule is CCc1ccc2cc(OC3CCC4(CC3)CC4)ccc2c1. The van der Waals surface area contributed by atoms with Crippen LogP contribution in [0.5, 0.6) is 5.75 Å². The first-order valence-corrected chi connectivity index (χ1v) is 8.46. The molecule has 2 aliphatic rings. The minimum Gasteiger partial charge on any atom is -0.490 e. The second kappa shape index (κ2) is 5.05. The molecule has 0 radical (unpaired) electrons. The first-order valence-electron chi connectivity index (χ1n) is 8.46. The molecule has 1 spiro atoms. The monoisotopic (exact) mass is 280 g/mol. The fraction of sp³-hybridized carbons (Fsp3) is 0.500. The van der Waals surface area contributed by atoms with E-state index >= 15 is 0 Å². The maximum atomic E-state index is 6.24. The summed E-state index contributed by atoms with van der Waals surface area (Å²) in [6, 6.07) is 13.3. The van der Waals surface area contributed by atoms with Crippen LogP contribution >= 0.6 is 0 Å². The van der Waals surface area contributed by atoms with Gasteiger partial charge in [0.15, 0.2) is 0 Å². The fourth-order valence-electron chi connectivity index (χ4n) is 3.76. The van der Waals surface area contributed by atoms with Gasteiger partial charge >= 0.3 is 0 Å². The number of fused-ring (bicyclic) bond motifs is 1. The molecule has 1 nitrogen and oxygen atoms in total. The Morgan fingerprint density at radius 1 is 0.952 bits per heavy atom. The summed E-state index contributed by atoms with van der Waals surface area (Å²) in [4.78, 5) is 0. The molecule has 110 valence electrons. The Bertz CT molecular complexity index is 644. The number of aryl methyl sites for hydroxylation is 1. The number of hydrogen-bond acceptors (Lipinski definition) is 1. The molecule has 0 atom stereocenters. The van der Waals surface area contributed by atoms with Crippen LogP contribution in [0.4, 0.5) is 0 Å². The number of hydrogen-bond donors (Lipinski definition) is 0. The van der Waals surface area contributed by atoms with Gasteiger partial charge in [-0.1, -0.05) is 31.2 Å². The molecule has 2 aromatic carbocycles. The summed E-state index contributed by atoms with van der Waals surface area (Å²) in [6.45, 7) is 2.20. The Balaban J connectivity index is 1.48. The van der Waals surface area contributed by atoms with E-state index < -0.39 is 0 Å². The van der Waals surface area contributed by atoms with Crippen molar-refractivity contribution in [1.82, 2.24) is 0 Å². The molecule has 2 aromatic rings. The lowest BCUT2D eigenvalue weighted by Crippen LogP contribution is -2.24. The summed E-state index contributed by atoms with van der Waals surface area (Å²) < 4.78 is 6.24. The second-order valence-electron chi connectivity index (χ2n) is 7.01. The third-order valence-corrected chi connectivity index (χ3v) is 5.54. The lowest BCUT2D eigenvalue weighted by Gasteiger charge is -2.29. The molecule has 4 rings (SSSR count). The molecule has 2 aliphatic carbocycles. The standard InChI is InChI=1S/C20H24O/c1-2-15-3-4-17-14-19(6-5-16(17)13-15)21-18-7-9-20(10-8-18)11-12-20/h3-6,13-14,18H,2,7-12H2,1H3. The largest absolute Gasteiger partial charge is 0.490 e. The number of rotatable bonds is 3. The molecule has 0 bridgehead atoms. The molecule has 2 saturated carbocycles. The van der Waals surface area contributed by atoms with Crippen LogP contribution in [0.25, 0.3) is 10.8 Å². The Morgan fingerprint density at radius 2 is 1.67 bits per heavy atom. The van der Waals surface area contributed by atoms with Crippen LogP contribution in [-0.4, -0.2) is 6.10 Å². The molecule has 0 N–H and O–H groups in total. The van der Waals surface area contributed by atoms with Crippen LogP contribution in [0, 0.1) is 5.41 Å². The molecule has 21 heavy (non-hydrogen) atoms. The fourth-order valence-corrected chi connectivity index (χ4v) is 3.76. The molecular weight excluding hydrogens is 256 g/mol. The highest BCUT2D eigenvalue weighted by Crippen LogP contribution is 2.56. The summed E-state index contributed by atoms with van der Waals surface area (Å²) in [5, 5.41) is 2.61. The second-order valence-corrected chi connectivity index (χ2v) is 7.01. The van der Waals surface area contributed by atoms with E-state index in [-0.39, 0.29) is 0 Å². The van der Waals surface area contributed by atoms with E-state index in [9.17, 15) is 0 Å². The Hall–Kier alpha value is -1.50. The van der Waals surface area contributed by atoms with Gasteiger partial charge in [0.25, 0.3) is 0 Å². The summed E-state index contributed by atoms with van der Waals surface area (Å²) in [6.07, 6.45) is 9.71. The lowest BCUT2D eigenvalue weighted by atomic mass is 9.85. The van der Waals surface area contributed by atoms with Gasteiger partial charge < -0.3 is 4.74 Å². The van der Waals surface area contributed by atoms with E-state index in [1.165, 1.54) is 54.9 Å². The van der Waals surface area contributed by atoms with Gasteiger partial charge in [-0.25, -0.2) is 0 Å². The molecule has 2 fully saturated rings. The first-order chi connectivity index (χ1) is 10.3. The van der Waals surface area contributed by atoms with Crippen molar-refractivity contribution in [1.29, 1.82) is 0 Å². The maximum absolute atomic E-state index is 6.24. The van der Waals surface area contributed by atoms with E-state index in [1.807, 2.05) is 0 Å². The van der Waals surface area contributed by atoms with Crippen molar-refractivity contribution >= 4 is 10.8 Å². The van der Waals surface area contributed by atoms with Gasteiger partial charge in [-0.15, -0.1) is 0 Å². The smallest absolute Gasteiger partial charge is 0.120 e. The van der Waals surface area contributed by atoms with E-state index in [0.717, 1.165) is 17.6 Å². The predicted octanol–water partition coefficient (Wildman–Crippen LogP) is 5.50. The third kappa shape index (κ3) is 2.66. The highest BCUT2D eigenvalue weighted by Gasteiger charge is 2.45. The van der Waals surface area contributed by atoms with Crippen molar-refractivity contribution in [2.75, 3.05) is 0 Å². The zero-order valence-electron chi connectivity index (χ0n) is 12.9. The zero-order chi connectivity index (χ0) is 14.3. The van der Waals surface area contributed by atoms with Gasteiger partial charge in [-0.3, -0.25) is 0 Å². The summed E-state index contributed by atoms with van der Waals surface area (Å²) in [5.41, 5.74) is 2.15. The maximum Gasteiger partial charge on any atom is 0.120 e. The van der Waals surface area contributed by atoms with Crippen molar-refractivity contribution in [3.63, 3.8) is 0 Å². The molecule has 0 heterocycles. The van der Waals surface area contributed by atoms with Gasteiger partial charge in [0, 0.05) is 0 Å². The lowest BCUT2D eigenvalue weighted by molar-refractivity contribution is 0.124. The Morgan fingerprint density at radius 3 is 2.38 bits per heavy atom. The Labute approximate surface area is 127 Å². The molecule has 1 heteroatoms. The minimum absolute atomic E-state index is 0.434. The number of benzene rings is 2. The van der Waals surface area contributed by atoms with Crippen LogP contribution in [-0.2, 0) is 6.42 Å². The van der Waals surface area contributed by atoms with Crippen molar-refractivity contribution < 1.29 is 4.74 Å². The molecule has 0 amide bonds. The minimum atomic E-state index is 0.434. The highest BCUT2D eigenvalue weighted by atomic mass is 16.5. The van der Waals surface area contributed by atoms with Gasteiger partial charge in [-0.05, 0) is 78.8 Å². The molecule has 0 aliphatic heterocycles. The van der Waals surface area contributed by atoms with Gasteiger partial charge in [0.1, 0.15) is 5.75 Å². The van der Waals surface area contributed by atoms with Gasteiger partial charge in [-0.2, -0.15) is 0 Å². The van der Waals surface area contributed by atoms with E-state index in [0.29, 0.717) is 6.10 Å². The van der Waals surface area contributed by atoms with E-state index in [4.69, 9.17) is 4.74 Å². The molecule has 0 unspecified atom stereocenters. The van der Waals surface area contributed by atoms with Crippen molar-refractivity contribution in [2.45, 2.75) is 58.0 Å². The quantitative estimate of drug-likeness (QED) is 0.721. The van der Waals surface area contributed by atoms with Crippen molar-refractivity contribution in [3.8, 4) is 5.75 Å².